The second-order valence-electron chi connectivity index (χ2n) is 5.69. The molecule has 1 aromatic rings. The van der Waals surface area contributed by atoms with Gasteiger partial charge in [0.15, 0.2) is 0 Å². The first-order chi connectivity index (χ1) is 10.00. The van der Waals surface area contributed by atoms with Crippen LogP contribution in [0.15, 0.2) is 18.5 Å². The number of carbonyl (C=O) groups is 1. The average molecular weight is 288 g/mol. The molecule has 1 amide bonds. The van der Waals surface area contributed by atoms with Crippen LogP contribution in [0.4, 0.5) is 0 Å². The smallest absolute Gasteiger partial charge is 0.253 e. The molecular formula is C16H20N2O3. The summed E-state index contributed by atoms with van der Waals surface area (Å²) in [5, 5.41) is 11.7. The van der Waals surface area contributed by atoms with Gasteiger partial charge < -0.3 is 15.2 Å². The van der Waals surface area contributed by atoms with E-state index in [1.807, 2.05) is 13.8 Å². The van der Waals surface area contributed by atoms with Gasteiger partial charge in [-0.25, -0.2) is 0 Å². The van der Waals surface area contributed by atoms with Crippen LogP contribution >= 0.6 is 0 Å². The van der Waals surface area contributed by atoms with Gasteiger partial charge in [0, 0.05) is 30.6 Å². The van der Waals surface area contributed by atoms with Crippen LogP contribution in [-0.2, 0) is 4.74 Å². The summed E-state index contributed by atoms with van der Waals surface area (Å²) in [5.41, 5.74) is 0.885. The standard InChI is InChI=1S/C16H20N2O3/c1-16(2)9-14(5-7-21-16)18-15(20)13-8-12(4-3-6-19)10-17-11-13/h8,10-11,14,19H,5-7,9H2,1-2H3,(H,18,20). The summed E-state index contributed by atoms with van der Waals surface area (Å²) in [6, 6.07) is 1.78. The predicted octanol–water partition coefficient (Wildman–Crippen LogP) is 1.11. The molecule has 0 aliphatic carbocycles. The Bertz CT molecular complexity index is 572. The highest BCUT2D eigenvalue weighted by Crippen LogP contribution is 2.24. The van der Waals surface area contributed by atoms with Crippen LogP contribution in [0.2, 0.25) is 0 Å². The van der Waals surface area contributed by atoms with Gasteiger partial charge in [0.2, 0.25) is 0 Å². The molecule has 112 valence electrons. The Hall–Kier alpha value is -1.90. The van der Waals surface area contributed by atoms with Gasteiger partial charge in [-0.3, -0.25) is 9.78 Å². The van der Waals surface area contributed by atoms with Crippen molar-refractivity contribution in [3.05, 3.63) is 29.6 Å². The lowest BCUT2D eigenvalue weighted by Gasteiger charge is -2.35. The van der Waals surface area contributed by atoms with Crippen molar-refractivity contribution < 1.29 is 14.6 Å². The molecule has 0 aromatic carbocycles. The van der Waals surface area contributed by atoms with Gasteiger partial charge in [-0.15, -0.1) is 0 Å². The molecule has 5 nitrogen and oxygen atoms in total. The maximum atomic E-state index is 12.3. The number of nitrogens with zero attached hydrogens (tertiary/aromatic N) is 1. The zero-order valence-corrected chi connectivity index (χ0v) is 12.3. The summed E-state index contributed by atoms with van der Waals surface area (Å²) >= 11 is 0. The third-order valence-corrected chi connectivity index (χ3v) is 3.34. The number of carbonyl (C=O) groups excluding carboxylic acids is 1. The predicted molar refractivity (Wildman–Crippen MR) is 78.7 cm³/mol. The fourth-order valence-corrected chi connectivity index (χ4v) is 2.40. The Morgan fingerprint density at radius 3 is 3.10 bits per heavy atom. The second kappa shape index (κ2) is 6.70. The van der Waals surface area contributed by atoms with E-state index >= 15 is 0 Å². The van der Waals surface area contributed by atoms with E-state index in [0.717, 1.165) is 12.8 Å². The van der Waals surface area contributed by atoms with E-state index < -0.39 is 0 Å². The van der Waals surface area contributed by atoms with E-state index in [0.29, 0.717) is 17.7 Å². The topological polar surface area (TPSA) is 71.5 Å². The lowest BCUT2D eigenvalue weighted by atomic mass is 9.94. The van der Waals surface area contributed by atoms with Crippen LogP contribution in [0, 0.1) is 11.8 Å². The molecule has 0 saturated carbocycles. The molecular weight excluding hydrogens is 268 g/mol. The zero-order valence-electron chi connectivity index (χ0n) is 12.3. The Labute approximate surface area is 124 Å². The summed E-state index contributed by atoms with van der Waals surface area (Å²) in [7, 11) is 0. The first-order valence-corrected chi connectivity index (χ1v) is 7.00. The molecule has 0 radical (unpaired) electrons. The van der Waals surface area contributed by atoms with Crippen LogP contribution in [0.3, 0.4) is 0 Å². The van der Waals surface area contributed by atoms with Crippen molar-refractivity contribution in [3.8, 4) is 11.8 Å². The SMILES string of the molecule is CC1(C)CC(NC(=O)c2cncc(C#CCO)c2)CCO1. The lowest BCUT2D eigenvalue weighted by molar-refractivity contribution is -0.0615. The maximum absolute atomic E-state index is 12.3. The van der Waals surface area contributed by atoms with Crippen LogP contribution in [0.5, 0.6) is 0 Å². The molecule has 1 saturated heterocycles. The summed E-state index contributed by atoms with van der Waals surface area (Å²) in [4.78, 5) is 16.3. The molecule has 1 aliphatic rings. The highest BCUT2D eigenvalue weighted by atomic mass is 16.5. The minimum Gasteiger partial charge on any atom is -0.384 e. The number of amides is 1. The highest BCUT2D eigenvalue weighted by molar-refractivity contribution is 5.94. The van der Waals surface area contributed by atoms with Crippen molar-refractivity contribution >= 4 is 5.91 Å². The number of ether oxygens (including phenoxy) is 1. The Morgan fingerprint density at radius 2 is 2.38 bits per heavy atom. The van der Waals surface area contributed by atoms with Gasteiger partial charge in [-0.2, -0.15) is 0 Å². The Kier molecular flexibility index (Phi) is 4.94. The zero-order chi connectivity index (χ0) is 15.3. The second-order valence-corrected chi connectivity index (χ2v) is 5.69. The van der Waals surface area contributed by atoms with E-state index in [2.05, 4.69) is 22.1 Å². The largest absolute Gasteiger partial charge is 0.384 e. The molecule has 1 aliphatic heterocycles. The van der Waals surface area contributed by atoms with Crippen molar-refractivity contribution in [2.75, 3.05) is 13.2 Å². The fraction of sp³-hybridized carbons (Fsp3) is 0.500. The van der Waals surface area contributed by atoms with E-state index in [1.54, 1.807) is 12.3 Å². The number of hydrogen-bond donors (Lipinski definition) is 2. The van der Waals surface area contributed by atoms with E-state index in [9.17, 15) is 4.79 Å². The Morgan fingerprint density at radius 1 is 1.57 bits per heavy atom. The molecule has 2 rings (SSSR count). The molecule has 2 N–H and O–H groups in total. The van der Waals surface area contributed by atoms with Crippen LogP contribution in [0.1, 0.15) is 42.6 Å². The number of rotatable bonds is 2. The number of aliphatic hydroxyl groups is 1. The number of pyridine rings is 1. The van der Waals surface area contributed by atoms with Crippen molar-refractivity contribution in [2.24, 2.45) is 0 Å². The molecule has 21 heavy (non-hydrogen) atoms. The van der Waals surface area contributed by atoms with Gasteiger partial charge in [0.1, 0.15) is 6.61 Å². The summed E-state index contributed by atoms with van der Waals surface area (Å²) in [5.74, 6) is 5.13. The third kappa shape index (κ3) is 4.55. The average Bonchev–Trinajstić information content (AvgIpc) is 2.44. The highest BCUT2D eigenvalue weighted by Gasteiger charge is 2.29. The summed E-state index contributed by atoms with van der Waals surface area (Å²) < 4.78 is 5.64. The monoisotopic (exact) mass is 288 g/mol. The van der Waals surface area contributed by atoms with Crippen molar-refractivity contribution in [1.29, 1.82) is 0 Å². The molecule has 1 fully saturated rings. The number of aromatic nitrogens is 1. The summed E-state index contributed by atoms with van der Waals surface area (Å²) in [6.07, 6.45) is 4.68. The minimum atomic E-state index is -0.215. The molecule has 1 aromatic heterocycles. The van der Waals surface area contributed by atoms with Crippen molar-refractivity contribution in [2.45, 2.75) is 38.3 Å². The maximum Gasteiger partial charge on any atom is 0.253 e. The summed E-state index contributed by atoms with van der Waals surface area (Å²) in [6.45, 7) is 4.49. The van der Waals surface area contributed by atoms with Gasteiger partial charge >= 0.3 is 0 Å². The number of nitrogens with one attached hydrogen (secondary N) is 1. The number of hydrogen-bond acceptors (Lipinski definition) is 4. The third-order valence-electron chi connectivity index (χ3n) is 3.34. The molecule has 1 atom stereocenters. The molecule has 1 unspecified atom stereocenters. The molecule has 0 bridgehead atoms. The van der Waals surface area contributed by atoms with Gasteiger partial charge in [-0.05, 0) is 32.8 Å². The lowest BCUT2D eigenvalue weighted by Crippen LogP contribution is -2.45. The van der Waals surface area contributed by atoms with Crippen LogP contribution in [-0.4, -0.2) is 40.9 Å². The Balaban J connectivity index is 2.03. The quantitative estimate of drug-likeness (QED) is 0.800. The van der Waals surface area contributed by atoms with Crippen LogP contribution < -0.4 is 5.32 Å². The van der Waals surface area contributed by atoms with Crippen molar-refractivity contribution in [3.63, 3.8) is 0 Å². The fourth-order valence-electron chi connectivity index (χ4n) is 2.40. The van der Waals surface area contributed by atoms with Crippen LogP contribution in [0.25, 0.3) is 0 Å². The van der Waals surface area contributed by atoms with E-state index in [1.165, 1.54) is 6.20 Å². The molecule has 2 heterocycles. The van der Waals surface area contributed by atoms with Gasteiger partial charge in [0.05, 0.1) is 11.2 Å². The van der Waals surface area contributed by atoms with Crippen molar-refractivity contribution in [1.82, 2.24) is 10.3 Å². The van der Waals surface area contributed by atoms with E-state index in [-0.39, 0.29) is 24.2 Å². The first kappa shape index (κ1) is 15.5. The number of aliphatic hydroxyl groups excluding tert-OH is 1. The van der Waals surface area contributed by atoms with E-state index in [4.69, 9.17) is 9.84 Å². The molecule has 0 spiro atoms. The van der Waals surface area contributed by atoms with Gasteiger partial charge in [0.25, 0.3) is 5.91 Å². The normalized spacial score (nSPS) is 20.2. The van der Waals surface area contributed by atoms with Gasteiger partial charge in [-0.1, -0.05) is 11.8 Å². The molecule has 5 heteroatoms. The minimum absolute atomic E-state index is 0.105. The first-order valence-electron chi connectivity index (χ1n) is 7.00.